The molecule has 1 atom stereocenters. The van der Waals surface area contributed by atoms with Gasteiger partial charge in [-0.05, 0) is 32.3 Å². The van der Waals surface area contributed by atoms with E-state index < -0.39 is 7.37 Å². The Morgan fingerprint density at radius 3 is 2.30 bits per heavy atom. The first-order chi connectivity index (χ1) is 9.63. The molecule has 1 unspecified atom stereocenters. The number of hydrogen-bond donors (Lipinski definition) is 0. The van der Waals surface area contributed by atoms with Crippen molar-refractivity contribution in [2.45, 2.75) is 32.8 Å². The van der Waals surface area contributed by atoms with Crippen molar-refractivity contribution in [2.75, 3.05) is 0 Å². The summed E-state index contributed by atoms with van der Waals surface area (Å²) >= 11 is 0. The van der Waals surface area contributed by atoms with Crippen LogP contribution in [0.1, 0.15) is 25.8 Å². The van der Waals surface area contributed by atoms with Crippen LogP contribution in [0.25, 0.3) is 0 Å². The van der Waals surface area contributed by atoms with Gasteiger partial charge in [0.2, 0.25) is 7.37 Å². The van der Waals surface area contributed by atoms with Crippen molar-refractivity contribution in [1.29, 1.82) is 0 Å². The Bertz CT molecular complexity index is 487. The Morgan fingerprint density at radius 2 is 1.80 bits per heavy atom. The molecule has 1 rings (SSSR count). The van der Waals surface area contributed by atoms with Crippen molar-refractivity contribution < 1.29 is 9.09 Å². The van der Waals surface area contributed by atoms with E-state index in [1.807, 2.05) is 38.1 Å². The quantitative estimate of drug-likeness (QED) is 0.464. The van der Waals surface area contributed by atoms with Crippen LogP contribution in [-0.2, 0) is 15.5 Å². The number of hydrogen-bond acceptors (Lipinski definition) is 2. The second-order valence-electron chi connectivity index (χ2n) is 4.55. The van der Waals surface area contributed by atoms with E-state index in [-0.39, 0.29) is 6.10 Å². The van der Waals surface area contributed by atoms with E-state index in [1.54, 1.807) is 23.8 Å². The van der Waals surface area contributed by atoms with Crippen LogP contribution in [0.5, 0.6) is 0 Å². The summed E-state index contributed by atoms with van der Waals surface area (Å²) in [5.74, 6) is 3.29. The lowest BCUT2D eigenvalue weighted by Crippen LogP contribution is -2.13. The van der Waals surface area contributed by atoms with Gasteiger partial charge in [0.15, 0.2) is 0 Å². The van der Waals surface area contributed by atoms with Crippen LogP contribution >= 0.6 is 7.37 Å². The molecule has 0 radical (unpaired) electrons. The monoisotopic (exact) mass is 290 g/mol. The fraction of sp³-hybridized carbons (Fsp3) is 0.294. The van der Waals surface area contributed by atoms with Gasteiger partial charge in [0, 0.05) is 11.6 Å². The van der Waals surface area contributed by atoms with E-state index in [2.05, 4.69) is 18.7 Å². The third-order valence-electron chi connectivity index (χ3n) is 2.76. The summed E-state index contributed by atoms with van der Waals surface area (Å²) in [6, 6.07) is 10.1. The van der Waals surface area contributed by atoms with Gasteiger partial charge in [-0.1, -0.05) is 48.6 Å². The SMILES string of the molecule is C=CCC(Cc1ccccc1)OP(=O)(/C=C/C)/C=C/C. The number of benzene rings is 1. The molecule has 0 N–H and O–H groups in total. The van der Waals surface area contributed by atoms with Gasteiger partial charge in [-0.25, -0.2) is 0 Å². The van der Waals surface area contributed by atoms with E-state index in [9.17, 15) is 4.57 Å². The molecule has 0 aliphatic heterocycles. The molecule has 2 nitrogen and oxygen atoms in total. The lowest BCUT2D eigenvalue weighted by molar-refractivity contribution is 0.215. The van der Waals surface area contributed by atoms with E-state index in [1.165, 1.54) is 5.56 Å². The summed E-state index contributed by atoms with van der Waals surface area (Å²) in [4.78, 5) is 0. The highest BCUT2D eigenvalue weighted by molar-refractivity contribution is 7.65. The highest BCUT2D eigenvalue weighted by Gasteiger charge is 2.21. The zero-order chi connectivity index (χ0) is 14.8. The van der Waals surface area contributed by atoms with Gasteiger partial charge in [-0.3, -0.25) is 4.57 Å². The smallest absolute Gasteiger partial charge is 0.246 e. The molecule has 0 aliphatic carbocycles. The molecule has 108 valence electrons. The number of rotatable bonds is 8. The topological polar surface area (TPSA) is 26.3 Å². The molecule has 0 fully saturated rings. The first-order valence-electron chi connectivity index (χ1n) is 6.84. The minimum atomic E-state index is -2.85. The van der Waals surface area contributed by atoms with Crippen LogP contribution in [0.15, 0.2) is 66.8 Å². The molecule has 1 aromatic rings. The van der Waals surface area contributed by atoms with Gasteiger partial charge >= 0.3 is 0 Å². The lowest BCUT2D eigenvalue weighted by atomic mass is 10.1. The van der Waals surface area contributed by atoms with Gasteiger partial charge in [0.25, 0.3) is 0 Å². The molecule has 0 saturated carbocycles. The summed E-state index contributed by atoms with van der Waals surface area (Å²) < 4.78 is 18.5. The average Bonchev–Trinajstić information content (AvgIpc) is 2.40. The highest BCUT2D eigenvalue weighted by Crippen LogP contribution is 2.52. The summed E-state index contributed by atoms with van der Waals surface area (Å²) in [6.07, 6.45) is 6.62. The summed E-state index contributed by atoms with van der Waals surface area (Å²) in [7, 11) is -2.85. The van der Waals surface area contributed by atoms with E-state index in [0.717, 1.165) is 6.42 Å². The Balaban J connectivity index is 2.85. The first-order valence-corrected chi connectivity index (χ1v) is 8.60. The molecule has 0 aliphatic rings. The molecule has 20 heavy (non-hydrogen) atoms. The Hall–Kier alpha value is -1.37. The Labute approximate surface area is 122 Å². The largest absolute Gasteiger partial charge is 0.319 e. The van der Waals surface area contributed by atoms with Crippen LogP contribution in [0, 0.1) is 0 Å². The molecule has 0 bridgehead atoms. The van der Waals surface area contributed by atoms with Crippen molar-refractivity contribution in [1.82, 2.24) is 0 Å². The third kappa shape index (κ3) is 5.73. The average molecular weight is 290 g/mol. The lowest BCUT2D eigenvalue weighted by Gasteiger charge is -2.20. The molecular weight excluding hydrogens is 267 g/mol. The summed E-state index contributed by atoms with van der Waals surface area (Å²) in [6.45, 7) is 7.45. The van der Waals surface area contributed by atoms with Crippen molar-refractivity contribution in [3.8, 4) is 0 Å². The zero-order valence-electron chi connectivity index (χ0n) is 12.2. The molecule has 0 heterocycles. The summed E-state index contributed by atoms with van der Waals surface area (Å²) in [5, 5.41) is 0. The minimum absolute atomic E-state index is 0.131. The predicted octanol–water partition coefficient (Wildman–Crippen LogP) is 5.54. The minimum Gasteiger partial charge on any atom is -0.319 e. The standard InChI is InChI=1S/C17H23O2P/c1-4-10-17(15-16-11-8-7-9-12-16)19-20(18,13-5-2)14-6-3/h4-9,11-14,17H,1,10,15H2,2-3H3/b13-5+,14-6+. The van der Waals surface area contributed by atoms with Crippen molar-refractivity contribution >= 4 is 7.37 Å². The van der Waals surface area contributed by atoms with Crippen LogP contribution in [0.4, 0.5) is 0 Å². The van der Waals surface area contributed by atoms with Gasteiger partial charge in [-0.15, -0.1) is 6.58 Å². The summed E-state index contributed by atoms with van der Waals surface area (Å²) in [5.41, 5.74) is 1.17. The van der Waals surface area contributed by atoms with Crippen LogP contribution in [0.3, 0.4) is 0 Å². The molecular formula is C17H23O2P. The van der Waals surface area contributed by atoms with Crippen LogP contribution in [0.2, 0.25) is 0 Å². The van der Waals surface area contributed by atoms with E-state index in [0.29, 0.717) is 6.42 Å². The number of allylic oxidation sites excluding steroid dienone is 2. The molecule has 0 amide bonds. The third-order valence-corrected chi connectivity index (χ3v) is 4.82. The van der Waals surface area contributed by atoms with Gasteiger partial charge in [0.05, 0.1) is 6.10 Å². The van der Waals surface area contributed by atoms with Crippen LogP contribution < -0.4 is 0 Å². The molecule has 1 aromatic carbocycles. The maximum Gasteiger partial charge on any atom is 0.246 e. The fourth-order valence-corrected chi connectivity index (χ4v) is 3.69. The Kier molecular flexibility index (Phi) is 7.28. The van der Waals surface area contributed by atoms with Crippen molar-refractivity contribution in [3.05, 3.63) is 72.3 Å². The first kappa shape index (κ1) is 16.7. The maximum absolute atomic E-state index is 12.7. The second kappa shape index (κ2) is 8.73. The normalized spacial score (nSPS) is 13.9. The molecule has 0 aromatic heterocycles. The fourth-order valence-electron chi connectivity index (χ4n) is 2.00. The maximum atomic E-state index is 12.7. The predicted molar refractivity (Wildman–Crippen MR) is 87.1 cm³/mol. The van der Waals surface area contributed by atoms with Crippen molar-refractivity contribution in [2.24, 2.45) is 0 Å². The van der Waals surface area contributed by atoms with E-state index in [4.69, 9.17) is 4.52 Å². The molecule has 0 saturated heterocycles. The highest BCUT2D eigenvalue weighted by atomic mass is 31.2. The second-order valence-corrected chi connectivity index (χ2v) is 6.65. The Morgan fingerprint density at radius 1 is 1.20 bits per heavy atom. The zero-order valence-corrected chi connectivity index (χ0v) is 13.1. The molecule has 3 heteroatoms. The van der Waals surface area contributed by atoms with E-state index >= 15 is 0 Å². The van der Waals surface area contributed by atoms with Gasteiger partial charge in [0.1, 0.15) is 0 Å². The van der Waals surface area contributed by atoms with Gasteiger partial charge < -0.3 is 4.52 Å². The van der Waals surface area contributed by atoms with Crippen LogP contribution in [-0.4, -0.2) is 6.10 Å². The van der Waals surface area contributed by atoms with Crippen molar-refractivity contribution in [3.63, 3.8) is 0 Å². The molecule has 0 spiro atoms. The van der Waals surface area contributed by atoms with Gasteiger partial charge in [-0.2, -0.15) is 0 Å².